The average Bonchev–Trinajstić information content (AvgIpc) is 3.55. The van der Waals surface area contributed by atoms with Gasteiger partial charge in [0.25, 0.3) is 0 Å². The van der Waals surface area contributed by atoms with E-state index in [-0.39, 0.29) is 47.7 Å². The summed E-state index contributed by atoms with van der Waals surface area (Å²) in [4.78, 5) is 60.4. The van der Waals surface area contributed by atoms with Crippen molar-refractivity contribution in [1.82, 2.24) is 25.3 Å². The van der Waals surface area contributed by atoms with Gasteiger partial charge in [0, 0.05) is 31.8 Å². The third-order valence-corrected chi connectivity index (χ3v) is 10.5. The molecule has 0 aromatic carbocycles. The predicted octanol–water partition coefficient (Wildman–Crippen LogP) is 6.85. The van der Waals surface area contributed by atoms with Gasteiger partial charge < -0.3 is 20.4 Å². The molecule has 0 radical (unpaired) electrons. The molecule has 49 heavy (non-hydrogen) atoms. The van der Waals surface area contributed by atoms with E-state index in [1.807, 2.05) is 40.7 Å². The lowest BCUT2D eigenvalue weighted by molar-refractivity contribution is -0.142. The SMILES string of the molecule is CCCCCCCCCCCNC(=O)C1CCCN1C(=O)/C(C)=C/[C@H](C(C)C)N(C)C(=O)C(NC(=O)C1CCCCN1C(C)C)C(C)(C)C. The smallest absolute Gasteiger partial charge is 0.249 e. The molecule has 2 fully saturated rings. The summed E-state index contributed by atoms with van der Waals surface area (Å²) < 4.78 is 0. The topological polar surface area (TPSA) is 102 Å². The summed E-state index contributed by atoms with van der Waals surface area (Å²) in [6.07, 6.45) is 17.3. The first-order chi connectivity index (χ1) is 23.1. The van der Waals surface area contributed by atoms with Crippen molar-refractivity contribution in [2.45, 2.75) is 182 Å². The van der Waals surface area contributed by atoms with Crippen LogP contribution in [0.1, 0.15) is 152 Å². The van der Waals surface area contributed by atoms with Gasteiger partial charge in [0.15, 0.2) is 0 Å². The summed E-state index contributed by atoms with van der Waals surface area (Å²) in [5.74, 6) is -0.452. The van der Waals surface area contributed by atoms with Gasteiger partial charge in [-0.05, 0) is 70.8 Å². The van der Waals surface area contributed by atoms with Gasteiger partial charge in [0.2, 0.25) is 23.6 Å². The second kappa shape index (κ2) is 21.1. The number of nitrogens with zero attached hydrogens (tertiary/aromatic N) is 3. The molecule has 0 spiro atoms. The van der Waals surface area contributed by atoms with Gasteiger partial charge in [0.1, 0.15) is 12.1 Å². The Kier molecular flexibility index (Phi) is 18.4. The highest BCUT2D eigenvalue weighted by Gasteiger charge is 2.40. The zero-order valence-electron chi connectivity index (χ0n) is 33.0. The first kappa shape index (κ1) is 42.7. The van der Waals surface area contributed by atoms with E-state index in [1.165, 1.54) is 44.9 Å². The van der Waals surface area contributed by atoms with Crippen LogP contribution in [-0.4, -0.2) is 95.2 Å². The molecule has 9 heteroatoms. The van der Waals surface area contributed by atoms with Crippen LogP contribution >= 0.6 is 0 Å². The Morgan fingerprint density at radius 3 is 1.98 bits per heavy atom. The van der Waals surface area contributed by atoms with Crippen molar-refractivity contribution >= 4 is 23.6 Å². The first-order valence-electron chi connectivity index (χ1n) is 19.7. The fraction of sp³-hybridized carbons (Fsp3) is 0.850. The van der Waals surface area contributed by atoms with E-state index in [1.54, 1.807) is 23.8 Å². The highest BCUT2D eigenvalue weighted by Crippen LogP contribution is 2.27. The molecule has 0 saturated carbocycles. The fourth-order valence-electron chi connectivity index (χ4n) is 7.44. The van der Waals surface area contributed by atoms with Crippen molar-refractivity contribution in [3.05, 3.63) is 11.6 Å². The molecule has 0 aromatic rings. The molecule has 2 saturated heterocycles. The van der Waals surface area contributed by atoms with Crippen molar-refractivity contribution in [2.24, 2.45) is 11.3 Å². The van der Waals surface area contributed by atoms with Gasteiger partial charge in [-0.2, -0.15) is 0 Å². The number of unbranched alkanes of at least 4 members (excludes halogenated alkanes) is 8. The monoisotopic (exact) mass is 688 g/mol. The summed E-state index contributed by atoms with van der Waals surface area (Å²) in [5, 5.41) is 6.24. The molecule has 2 heterocycles. The minimum atomic E-state index is -0.718. The molecule has 3 unspecified atom stereocenters. The minimum Gasteiger partial charge on any atom is -0.354 e. The Labute approximate surface area is 299 Å². The largest absolute Gasteiger partial charge is 0.354 e. The number of nitrogens with one attached hydrogen (secondary N) is 2. The van der Waals surface area contributed by atoms with Gasteiger partial charge >= 0.3 is 0 Å². The molecule has 0 aromatic heterocycles. The standard InChI is InChI=1S/C40H73N5O4/c1-11-12-13-14-15-16-17-18-20-25-41-36(46)32-24-22-27-45(32)38(48)31(6)28-34(29(2)3)43(10)39(49)35(40(7,8)9)42-37(47)33-23-19-21-26-44(33)30(4)5/h28-30,32-35H,11-27H2,1-10H3,(H,41,46)(H,42,47)/b31-28+/t32?,33?,34-,35?/m1/s1. The molecule has 2 rings (SSSR count). The zero-order chi connectivity index (χ0) is 36.7. The number of rotatable bonds is 19. The third-order valence-electron chi connectivity index (χ3n) is 10.5. The second-order valence-corrected chi connectivity index (χ2v) is 16.5. The van der Waals surface area contributed by atoms with E-state index in [0.29, 0.717) is 25.1 Å². The van der Waals surface area contributed by atoms with Crippen LogP contribution in [0.4, 0.5) is 0 Å². The van der Waals surface area contributed by atoms with Crippen molar-refractivity contribution in [3.63, 3.8) is 0 Å². The maximum absolute atomic E-state index is 14.2. The van der Waals surface area contributed by atoms with Gasteiger partial charge in [-0.25, -0.2) is 0 Å². The molecular weight excluding hydrogens is 614 g/mol. The van der Waals surface area contributed by atoms with E-state index in [4.69, 9.17) is 0 Å². The molecule has 0 aliphatic carbocycles. The molecule has 4 atom stereocenters. The quantitative estimate of drug-likeness (QED) is 0.114. The number of piperidine rings is 1. The second-order valence-electron chi connectivity index (χ2n) is 16.5. The highest BCUT2D eigenvalue weighted by atomic mass is 16.2. The number of carbonyl (C=O) groups is 4. The zero-order valence-corrected chi connectivity index (χ0v) is 33.0. The Morgan fingerprint density at radius 1 is 0.816 bits per heavy atom. The van der Waals surface area contributed by atoms with Crippen LogP contribution in [0, 0.1) is 11.3 Å². The summed E-state index contributed by atoms with van der Waals surface area (Å²) in [7, 11) is 1.77. The van der Waals surface area contributed by atoms with Crippen LogP contribution in [0.25, 0.3) is 0 Å². The number of likely N-dealkylation sites (N-methyl/N-ethyl adjacent to an activating group) is 1. The molecule has 2 N–H and O–H groups in total. The maximum atomic E-state index is 14.2. The van der Waals surface area contributed by atoms with Crippen LogP contribution in [-0.2, 0) is 19.2 Å². The van der Waals surface area contributed by atoms with Crippen LogP contribution in [0.5, 0.6) is 0 Å². The lowest BCUT2D eigenvalue weighted by Gasteiger charge is -2.41. The van der Waals surface area contributed by atoms with Crippen molar-refractivity contribution in [3.8, 4) is 0 Å². The number of carbonyl (C=O) groups excluding carboxylic acids is 4. The Bertz CT molecular complexity index is 1080. The Hall–Kier alpha value is -2.42. The summed E-state index contributed by atoms with van der Waals surface area (Å²) >= 11 is 0. The summed E-state index contributed by atoms with van der Waals surface area (Å²) in [5.41, 5.74) is 0.0156. The summed E-state index contributed by atoms with van der Waals surface area (Å²) in [6, 6.07) is -1.53. The van der Waals surface area contributed by atoms with Crippen LogP contribution < -0.4 is 10.6 Å². The van der Waals surface area contributed by atoms with Crippen molar-refractivity contribution in [2.75, 3.05) is 26.7 Å². The van der Waals surface area contributed by atoms with E-state index >= 15 is 0 Å². The van der Waals surface area contributed by atoms with E-state index in [2.05, 4.69) is 36.3 Å². The van der Waals surface area contributed by atoms with Gasteiger partial charge in [-0.3, -0.25) is 24.1 Å². The maximum Gasteiger partial charge on any atom is 0.249 e. The molecule has 2 aliphatic heterocycles. The third kappa shape index (κ3) is 13.3. The van der Waals surface area contributed by atoms with E-state index < -0.39 is 17.5 Å². The molecule has 9 nitrogen and oxygen atoms in total. The fourth-order valence-corrected chi connectivity index (χ4v) is 7.44. The molecule has 2 aliphatic rings. The molecule has 4 amide bonds. The number of hydrogen-bond donors (Lipinski definition) is 2. The number of likely N-dealkylation sites (tertiary alicyclic amines) is 2. The normalized spacial score (nSPS) is 20.4. The number of hydrogen-bond acceptors (Lipinski definition) is 5. The van der Waals surface area contributed by atoms with Gasteiger partial charge in [0.05, 0.1) is 12.1 Å². The van der Waals surface area contributed by atoms with Crippen molar-refractivity contribution < 1.29 is 19.2 Å². The molecule has 282 valence electrons. The molecular formula is C40H73N5O4. The van der Waals surface area contributed by atoms with E-state index in [0.717, 1.165) is 45.1 Å². The Morgan fingerprint density at radius 2 is 1.41 bits per heavy atom. The van der Waals surface area contributed by atoms with Gasteiger partial charge in [-0.1, -0.05) is 105 Å². The molecule has 0 bridgehead atoms. The van der Waals surface area contributed by atoms with Crippen LogP contribution in [0.2, 0.25) is 0 Å². The van der Waals surface area contributed by atoms with E-state index in [9.17, 15) is 19.2 Å². The van der Waals surface area contributed by atoms with Gasteiger partial charge in [-0.15, -0.1) is 0 Å². The minimum absolute atomic E-state index is 0.0248. The highest BCUT2D eigenvalue weighted by molar-refractivity contribution is 5.97. The van der Waals surface area contributed by atoms with Crippen molar-refractivity contribution in [1.29, 1.82) is 0 Å². The first-order valence-corrected chi connectivity index (χ1v) is 19.7. The lowest BCUT2D eigenvalue weighted by atomic mass is 9.84. The lowest BCUT2D eigenvalue weighted by Crippen LogP contribution is -2.60. The average molecular weight is 688 g/mol. The predicted molar refractivity (Wildman–Crippen MR) is 201 cm³/mol. The number of amides is 4. The Balaban J connectivity index is 2.04. The summed E-state index contributed by atoms with van der Waals surface area (Å²) in [6.45, 7) is 20.4. The van der Waals surface area contributed by atoms with Crippen LogP contribution in [0.15, 0.2) is 11.6 Å². The van der Waals surface area contributed by atoms with Crippen LogP contribution in [0.3, 0.4) is 0 Å².